The van der Waals surface area contributed by atoms with Crippen LogP contribution in [0, 0.1) is 5.82 Å². The van der Waals surface area contributed by atoms with Gasteiger partial charge in [0.15, 0.2) is 17.7 Å². The van der Waals surface area contributed by atoms with Crippen molar-refractivity contribution in [1.82, 2.24) is 5.43 Å². The fourth-order valence-electron chi connectivity index (χ4n) is 2.67. The molecule has 5 heteroatoms. The quantitative estimate of drug-likeness (QED) is 0.877. The molecule has 1 aliphatic rings. The van der Waals surface area contributed by atoms with Gasteiger partial charge in [-0.3, -0.25) is 4.79 Å². The summed E-state index contributed by atoms with van der Waals surface area (Å²) in [5.74, 6) is -0.837. The van der Waals surface area contributed by atoms with Gasteiger partial charge in [-0.05, 0) is 43.0 Å². The Hall–Kier alpha value is -2.69. The average Bonchev–Trinajstić information content (AvgIpc) is 2.61. The summed E-state index contributed by atoms with van der Waals surface area (Å²) in [7, 11) is 0. The minimum atomic E-state index is -0.831. The maximum atomic E-state index is 13.5. The molecule has 2 aromatic carbocycles. The molecule has 1 amide bonds. The van der Waals surface area contributed by atoms with E-state index in [1.54, 1.807) is 19.1 Å². The topological polar surface area (TPSA) is 50.7 Å². The third-order valence-corrected chi connectivity index (χ3v) is 4.03. The van der Waals surface area contributed by atoms with Crippen LogP contribution >= 0.6 is 0 Å². The van der Waals surface area contributed by atoms with E-state index in [1.165, 1.54) is 23.3 Å². The molecule has 1 N–H and O–H groups in total. The zero-order valence-corrected chi connectivity index (χ0v) is 13.5. The number of fused-ring (bicyclic) bond motifs is 1. The minimum absolute atomic E-state index is 0.0550. The number of rotatable bonds is 4. The Balaban J connectivity index is 1.58. The van der Waals surface area contributed by atoms with Crippen molar-refractivity contribution in [1.29, 1.82) is 0 Å². The first-order chi connectivity index (χ1) is 11.6. The van der Waals surface area contributed by atoms with Crippen LogP contribution in [0.15, 0.2) is 53.6 Å². The van der Waals surface area contributed by atoms with Gasteiger partial charge in [0.2, 0.25) is 0 Å². The van der Waals surface area contributed by atoms with E-state index in [4.69, 9.17) is 4.74 Å². The largest absolute Gasteiger partial charge is 0.478 e. The van der Waals surface area contributed by atoms with Gasteiger partial charge < -0.3 is 4.74 Å². The molecule has 2 aromatic rings. The zero-order valence-electron chi connectivity index (χ0n) is 13.5. The monoisotopic (exact) mass is 326 g/mol. The SMILES string of the molecule is C[C@H](Oc1ccccc1F)C(=O)N/N=C1\CCc2ccccc2C1. The first-order valence-electron chi connectivity index (χ1n) is 7.97. The number of aryl methyl sites for hydroxylation is 1. The summed E-state index contributed by atoms with van der Waals surface area (Å²) >= 11 is 0. The number of nitrogens with one attached hydrogen (secondary N) is 1. The molecule has 0 heterocycles. The molecule has 24 heavy (non-hydrogen) atoms. The van der Waals surface area contributed by atoms with E-state index in [9.17, 15) is 9.18 Å². The lowest BCUT2D eigenvalue weighted by Crippen LogP contribution is -2.34. The van der Waals surface area contributed by atoms with Gasteiger partial charge in [-0.25, -0.2) is 9.82 Å². The van der Waals surface area contributed by atoms with E-state index in [-0.39, 0.29) is 5.75 Å². The Kier molecular flexibility index (Phi) is 4.89. The van der Waals surface area contributed by atoms with Gasteiger partial charge in [0.25, 0.3) is 5.91 Å². The molecule has 0 saturated carbocycles. The average molecular weight is 326 g/mol. The maximum Gasteiger partial charge on any atom is 0.280 e. The van der Waals surface area contributed by atoms with Gasteiger partial charge in [-0.1, -0.05) is 36.4 Å². The number of hydrogen-bond donors (Lipinski definition) is 1. The molecule has 0 radical (unpaired) electrons. The summed E-state index contributed by atoms with van der Waals surface area (Å²) in [6, 6.07) is 14.2. The Morgan fingerprint density at radius 3 is 2.62 bits per heavy atom. The van der Waals surface area contributed by atoms with Crippen molar-refractivity contribution < 1.29 is 13.9 Å². The number of carbonyl (C=O) groups is 1. The number of para-hydroxylation sites is 1. The van der Waals surface area contributed by atoms with Crippen LogP contribution in [0.25, 0.3) is 0 Å². The first kappa shape index (κ1) is 16.2. The second-order valence-corrected chi connectivity index (χ2v) is 5.79. The lowest BCUT2D eigenvalue weighted by atomic mass is 9.90. The standard InChI is InChI=1S/C19H19FN2O2/c1-13(24-18-9-5-4-8-17(18)20)19(23)22-21-16-11-10-14-6-2-3-7-15(14)12-16/h2-9,13H,10-12H2,1H3,(H,22,23)/b21-16+/t13-/m0/s1. The van der Waals surface area contributed by atoms with Gasteiger partial charge in [0.05, 0.1) is 0 Å². The van der Waals surface area contributed by atoms with Crippen LogP contribution < -0.4 is 10.2 Å². The summed E-state index contributed by atoms with van der Waals surface area (Å²) < 4.78 is 18.9. The fraction of sp³-hybridized carbons (Fsp3) is 0.263. The summed E-state index contributed by atoms with van der Waals surface area (Å²) in [5, 5.41) is 4.21. The zero-order chi connectivity index (χ0) is 16.9. The fourth-order valence-corrected chi connectivity index (χ4v) is 2.67. The number of carbonyl (C=O) groups excluding carboxylic acids is 1. The van der Waals surface area contributed by atoms with Crippen LogP contribution in [-0.2, 0) is 17.6 Å². The molecule has 0 spiro atoms. The first-order valence-corrected chi connectivity index (χ1v) is 7.97. The Bertz CT molecular complexity index is 773. The van der Waals surface area contributed by atoms with Gasteiger partial charge >= 0.3 is 0 Å². The number of halogens is 1. The molecule has 0 saturated heterocycles. The van der Waals surface area contributed by atoms with E-state index in [1.807, 2.05) is 12.1 Å². The molecule has 1 aliphatic carbocycles. The number of amides is 1. The van der Waals surface area contributed by atoms with Crippen LogP contribution in [-0.4, -0.2) is 17.7 Å². The Morgan fingerprint density at radius 1 is 1.12 bits per heavy atom. The highest BCUT2D eigenvalue weighted by atomic mass is 19.1. The molecule has 4 nitrogen and oxygen atoms in total. The van der Waals surface area contributed by atoms with Crippen LogP contribution in [0.4, 0.5) is 4.39 Å². The number of hydrogen-bond acceptors (Lipinski definition) is 3. The van der Waals surface area contributed by atoms with Crippen molar-refractivity contribution >= 4 is 11.6 Å². The Morgan fingerprint density at radius 2 is 1.83 bits per heavy atom. The van der Waals surface area contributed by atoms with Crippen molar-refractivity contribution in [2.24, 2.45) is 5.10 Å². The highest BCUT2D eigenvalue weighted by molar-refractivity contribution is 5.90. The Labute approximate surface area is 140 Å². The van der Waals surface area contributed by atoms with Crippen LogP contribution in [0.2, 0.25) is 0 Å². The predicted molar refractivity (Wildman–Crippen MR) is 90.5 cm³/mol. The van der Waals surface area contributed by atoms with E-state index in [2.05, 4.69) is 22.7 Å². The summed E-state index contributed by atoms with van der Waals surface area (Å²) in [6.07, 6.45) is 1.65. The van der Waals surface area contributed by atoms with Crippen molar-refractivity contribution in [3.05, 3.63) is 65.5 Å². The normalized spacial score (nSPS) is 16.3. The second kappa shape index (κ2) is 7.25. The van der Waals surface area contributed by atoms with Crippen molar-refractivity contribution in [2.75, 3.05) is 0 Å². The lowest BCUT2D eigenvalue weighted by Gasteiger charge is -2.18. The van der Waals surface area contributed by atoms with Crippen LogP contribution in [0.5, 0.6) is 5.75 Å². The van der Waals surface area contributed by atoms with Crippen molar-refractivity contribution in [3.8, 4) is 5.75 Å². The molecule has 0 fully saturated rings. The highest BCUT2D eigenvalue weighted by Gasteiger charge is 2.18. The smallest absolute Gasteiger partial charge is 0.280 e. The summed E-state index contributed by atoms with van der Waals surface area (Å²) in [5.41, 5.74) is 6.03. The lowest BCUT2D eigenvalue weighted by molar-refractivity contribution is -0.127. The second-order valence-electron chi connectivity index (χ2n) is 5.79. The molecule has 0 bridgehead atoms. The van der Waals surface area contributed by atoms with Crippen molar-refractivity contribution in [3.63, 3.8) is 0 Å². The van der Waals surface area contributed by atoms with Gasteiger partial charge in [0, 0.05) is 12.1 Å². The number of nitrogens with zero attached hydrogens (tertiary/aromatic N) is 1. The number of benzene rings is 2. The van der Waals surface area contributed by atoms with Gasteiger partial charge in [-0.2, -0.15) is 5.10 Å². The van der Waals surface area contributed by atoms with Crippen LogP contribution in [0.3, 0.4) is 0 Å². The molecular formula is C19H19FN2O2. The van der Waals surface area contributed by atoms with Crippen molar-refractivity contribution in [2.45, 2.75) is 32.3 Å². The van der Waals surface area contributed by atoms with E-state index in [0.717, 1.165) is 25.0 Å². The third-order valence-electron chi connectivity index (χ3n) is 4.03. The third kappa shape index (κ3) is 3.79. The molecule has 0 aliphatic heterocycles. The molecule has 3 rings (SSSR count). The minimum Gasteiger partial charge on any atom is -0.478 e. The number of hydrazone groups is 1. The van der Waals surface area contributed by atoms with E-state index < -0.39 is 17.8 Å². The number of ether oxygens (including phenoxy) is 1. The van der Waals surface area contributed by atoms with Gasteiger partial charge in [0.1, 0.15) is 0 Å². The molecule has 1 atom stereocenters. The van der Waals surface area contributed by atoms with E-state index >= 15 is 0 Å². The molecule has 0 unspecified atom stereocenters. The summed E-state index contributed by atoms with van der Waals surface area (Å²) in [6.45, 7) is 1.57. The molecule has 124 valence electrons. The highest BCUT2D eigenvalue weighted by Crippen LogP contribution is 2.19. The van der Waals surface area contributed by atoms with Crippen LogP contribution in [0.1, 0.15) is 24.5 Å². The maximum absolute atomic E-state index is 13.5. The molecular weight excluding hydrogens is 307 g/mol. The molecule has 0 aromatic heterocycles. The van der Waals surface area contributed by atoms with E-state index in [0.29, 0.717) is 0 Å². The van der Waals surface area contributed by atoms with Gasteiger partial charge in [-0.15, -0.1) is 0 Å². The summed E-state index contributed by atoms with van der Waals surface area (Å²) in [4.78, 5) is 12.1. The predicted octanol–water partition coefficient (Wildman–Crippen LogP) is 3.25.